The van der Waals surface area contributed by atoms with Crippen LogP contribution in [0.4, 0.5) is 0 Å². The van der Waals surface area contributed by atoms with Crippen molar-refractivity contribution in [3.8, 4) is 0 Å². The molecule has 106 valence electrons. The minimum atomic E-state index is 0.465. The maximum Gasteiger partial charge on any atom is 0.0890 e. The molecule has 1 atom stereocenters. The predicted molar refractivity (Wildman–Crippen MR) is 82.5 cm³/mol. The van der Waals surface area contributed by atoms with Crippen LogP contribution in [0.1, 0.15) is 50.6 Å². The molecule has 20 heavy (non-hydrogen) atoms. The maximum atomic E-state index is 4.44. The van der Waals surface area contributed by atoms with E-state index >= 15 is 0 Å². The molecule has 3 rings (SSSR count). The molecule has 1 unspecified atom stereocenters. The van der Waals surface area contributed by atoms with Crippen molar-refractivity contribution in [2.45, 2.75) is 45.1 Å². The van der Waals surface area contributed by atoms with E-state index in [1.54, 1.807) is 12.4 Å². The first-order valence-electron chi connectivity index (χ1n) is 7.82. The molecular formula is C17H23N3. The van der Waals surface area contributed by atoms with Crippen molar-refractivity contribution in [3.05, 3.63) is 36.2 Å². The minimum Gasteiger partial charge on any atom is -0.310 e. The standard InChI is InChI=1S/C17H23N3/c1-2-18-17(13-6-4-3-5-7-13)14-8-9-15-16(12-14)20-11-10-19-15/h8-13,17-18H,2-7H2,1H3. The van der Waals surface area contributed by atoms with Crippen molar-refractivity contribution in [1.29, 1.82) is 0 Å². The van der Waals surface area contributed by atoms with E-state index in [2.05, 4.69) is 40.4 Å². The van der Waals surface area contributed by atoms with Crippen LogP contribution in [0.2, 0.25) is 0 Å². The van der Waals surface area contributed by atoms with Crippen molar-refractivity contribution in [2.24, 2.45) is 5.92 Å². The summed E-state index contributed by atoms with van der Waals surface area (Å²) in [6.07, 6.45) is 10.4. The Morgan fingerprint density at radius 3 is 2.60 bits per heavy atom. The number of aromatic nitrogens is 2. The third kappa shape index (κ3) is 2.83. The zero-order valence-electron chi connectivity index (χ0n) is 12.2. The highest BCUT2D eigenvalue weighted by atomic mass is 14.9. The van der Waals surface area contributed by atoms with E-state index in [9.17, 15) is 0 Å². The molecule has 1 aliphatic rings. The van der Waals surface area contributed by atoms with Gasteiger partial charge in [-0.05, 0) is 43.0 Å². The maximum absolute atomic E-state index is 4.44. The lowest BCUT2D eigenvalue weighted by Crippen LogP contribution is -2.29. The van der Waals surface area contributed by atoms with E-state index in [1.165, 1.54) is 37.7 Å². The Morgan fingerprint density at radius 1 is 1.10 bits per heavy atom. The summed E-state index contributed by atoms with van der Waals surface area (Å²) in [6, 6.07) is 7.00. The zero-order chi connectivity index (χ0) is 13.8. The molecule has 1 aromatic carbocycles. The van der Waals surface area contributed by atoms with Gasteiger partial charge in [0.05, 0.1) is 11.0 Å². The number of rotatable bonds is 4. The van der Waals surface area contributed by atoms with Gasteiger partial charge in [-0.25, -0.2) is 0 Å². The summed E-state index contributed by atoms with van der Waals surface area (Å²) in [6.45, 7) is 3.20. The number of nitrogens with one attached hydrogen (secondary N) is 1. The van der Waals surface area contributed by atoms with Gasteiger partial charge in [0, 0.05) is 18.4 Å². The van der Waals surface area contributed by atoms with Crippen LogP contribution in [0.3, 0.4) is 0 Å². The van der Waals surface area contributed by atoms with E-state index in [0.717, 1.165) is 23.5 Å². The third-order valence-corrected chi connectivity index (χ3v) is 4.40. The fourth-order valence-electron chi connectivity index (χ4n) is 3.42. The molecule has 1 saturated carbocycles. The third-order valence-electron chi connectivity index (χ3n) is 4.40. The van der Waals surface area contributed by atoms with Crippen LogP contribution in [0.15, 0.2) is 30.6 Å². The molecule has 3 heteroatoms. The molecule has 1 fully saturated rings. The molecule has 1 heterocycles. The Balaban J connectivity index is 1.91. The monoisotopic (exact) mass is 269 g/mol. The average Bonchev–Trinajstić information content (AvgIpc) is 2.53. The topological polar surface area (TPSA) is 37.8 Å². The lowest BCUT2D eigenvalue weighted by atomic mass is 9.81. The van der Waals surface area contributed by atoms with Crippen LogP contribution in [0.5, 0.6) is 0 Å². The molecule has 1 aliphatic carbocycles. The number of benzene rings is 1. The van der Waals surface area contributed by atoms with Crippen molar-refractivity contribution >= 4 is 11.0 Å². The number of nitrogens with zero attached hydrogens (tertiary/aromatic N) is 2. The summed E-state index contributed by atoms with van der Waals surface area (Å²) in [4.78, 5) is 8.80. The number of fused-ring (bicyclic) bond motifs is 1. The first-order valence-corrected chi connectivity index (χ1v) is 7.82. The second-order valence-corrected chi connectivity index (χ2v) is 5.74. The molecule has 2 aromatic rings. The Morgan fingerprint density at radius 2 is 1.85 bits per heavy atom. The predicted octanol–water partition coefficient (Wildman–Crippen LogP) is 3.86. The van der Waals surface area contributed by atoms with Gasteiger partial charge in [0.15, 0.2) is 0 Å². The molecule has 0 amide bonds. The Hall–Kier alpha value is -1.48. The van der Waals surface area contributed by atoms with Gasteiger partial charge in [-0.1, -0.05) is 32.3 Å². The summed E-state index contributed by atoms with van der Waals surface area (Å²) in [5.41, 5.74) is 3.35. The van der Waals surface area contributed by atoms with Crippen molar-refractivity contribution in [3.63, 3.8) is 0 Å². The Labute approximate surface area is 120 Å². The lowest BCUT2D eigenvalue weighted by molar-refractivity contribution is 0.274. The minimum absolute atomic E-state index is 0.465. The van der Waals surface area contributed by atoms with Crippen LogP contribution in [-0.2, 0) is 0 Å². The molecule has 0 radical (unpaired) electrons. The molecule has 1 N–H and O–H groups in total. The van der Waals surface area contributed by atoms with Crippen molar-refractivity contribution in [1.82, 2.24) is 15.3 Å². The normalized spacial score (nSPS) is 18.2. The molecule has 0 bridgehead atoms. The van der Waals surface area contributed by atoms with E-state index in [0.29, 0.717) is 6.04 Å². The summed E-state index contributed by atoms with van der Waals surface area (Å²) in [5, 5.41) is 3.69. The molecule has 0 saturated heterocycles. The highest BCUT2D eigenvalue weighted by Crippen LogP contribution is 2.34. The van der Waals surface area contributed by atoms with E-state index in [4.69, 9.17) is 0 Å². The van der Waals surface area contributed by atoms with Crippen molar-refractivity contribution in [2.75, 3.05) is 6.54 Å². The highest BCUT2D eigenvalue weighted by molar-refractivity contribution is 5.74. The van der Waals surface area contributed by atoms with Gasteiger partial charge in [0.2, 0.25) is 0 Å². The lowest BCUT2D eigenvalue weighted by Gasteiger charge is -2.31. The first-order chi connectivity index (χ1) is 9.88. The molecule has 0 aliphatic heterocycles. The van der Waals surface area contributed by atoms with Gasteiger partial charge in [-0.2, -0.15) is 0 Å². The highest BCUT2D eigenvalue weighted by Gasteiger charge is 2.24. The molecule has 1 aromatic heterocycles. The summed E-state index contributed by atoms with van der Waals surface area (Å²) in [5.74, 6) is 0.762. The smallest absolute Gasteiger partial charge is 0.0890 e. The van der Waals surface area contributed by atoms with Gasteiger partial charge in [-0.3, -0.25) is 9.97 Å². The second-order valence-electron chi connectivity index (χ2n) is 5.74. The van der Waals surface area contributed by atoms with Gasteiger partial charge in [-0.15, -0.1) is 0 Å². The van der Waals surface area contributed by atoms with Crippen LogP contribution >= 0.6 is 0 Å². The van der Waals surface area contributed by atoms with Gasteiger partial charge in [0.25, 0.3) is 0 Å². The zero-order valence-corrected chi connectivity index (χ0v) is 12.2. The van der Waals surface area contributed by atoms with Crippen LogP contribution < -0.4 is 5.32 Å². The number of hydrogen-bond acceptors (Lipinski definition) is 3. The average molecular weight is 269 g/mol. The molecule has 3 nitrogen and oxygen atoms in total. The summed E-state index contributed by atoms with van der Waals surface area (Å²) >= 11 is 0. The van der Waals surface area contributed by atoms with Crippen molar-refractivity contribution < 1.29 is 0 Å². The molecular weight excluding hydrogens is 246 g/mol. The van der Waals surface area contributed by atoms with E-state index in [-0.39, 0.29) is 0 Å². The van der Waals surface area contributed by atoms with E-state index in [1.807, 2.05) is 0 Å². The van der Waals surface area contributed by atoms with Crippen LogP contribution in [0, 0.1) is 5.92 Å². The second kappa shape index (κ2) is 6.31. The summed E-state index contributed by atoms with van der Waals surface area (Å²) < 4.78 is 0. The fraction of sp³-hybridized carbons (Fsp3) is 0.529. The van der Waals surface area contributed by atoms with Gasteiger partial charge < -0.3 is 5.32 Å². The van der Waals surface area contributed by atoms with Gasteiger partial charge in [0.1, 0.15) is 0 Å². The van der Waals surface area contributed by atoms with Crippen LogP contribution in [-0.4, -0.2) is 16.5 Å². The first kappa shape index (κ1) is 13.5. The Bertz CT molecular complexity index is 561. The quantitative estimate of drug-likeness (QED) is 0.915. The van der Waals surface area contributed by atoms with Gasteiger partial charge >= 0.3 is 0 Å². The Kier molecular flexibility index (Phi) is 4.26. The van der Waals surface area contributed by atoms with Crippen LogP contribution in [0.25, 0.3) is 11.0 Å². The largest absolute Gasteiger partial charge is 0.310 e. The van der Waals surface area contributed by atoms with E-state index < -0.39 is 0 Å². The fourth-order valence-corrected chi connectivity index (χ4v) is 3.42. The molecule has 0 spiro atoms. The number of hydrogen-bond donors (Lipinski definition) is 1. The SMILES string of the molecule is CCNC(c1ccc2nccnc2c1)C1CCCCC1. The summed E-state index contributed by atoms with van der Waals surface area (Å²) in [7, 11) is 0.